The molecular weight excluding hydrogens is 853 g/mol. The molecule has 332 valence electrons. The van der Waals surface area contributed by atoms with E-state index in [0.717, 1.165) is 109 Å². The fourth-order valence-corrected chi connectivity index (χ4v) is 12.4. The monoisotopic (exact) mass is 898 g/mol. The van der Waals surface area contributed by atoms with Crippen LogP contribution >= 0.6 is 0 Å². The molecule has 0 N–H and O–H groups in total. The Kier molecular flexibility index (Phi) is 8.70. The lowest BCUT2D eigenvalue weighted by Crippen LogP contribution is -2.15. The fraction of sp³-hybridized carbons (Fsp3) is 0.0909. The van der Waals surface area contributed by atoms with Crippen LogP contribution in [0.5, 0.6) is 5.75 Å². The highest BCUT2D eigenvalue weighted by Gasteiger charge is 2.35. The lowest BCUT2D eigenvalue weighted by molar-refractivity contribution is 0.270. The van der Waals surface area contributed by atoms with Crippen molar-refractivity contribution in [3.05, 3.63) is 246 Å². The summed E-state index contributed by atoms with van der Waals surface area (Å²) in [6, 6.07) is 72.1. The Hall–Kier alpha value is -8.60. The van der Waals surface area contributed by atoms with E-state index in [1.165, 1.54) is 50.6 Å². The summed E-state index contributed by atoms with van der Waals surface area (Å²) < 4.78 is 14.1. The molecule has 3 aliphatic heterocycles. The van der Waals surface area contributed by atoms with Crippen LogP contribution in [-0.4, -0.2) is 6.10 Å². The minimum atomic E-state index is -0.0564. The van der Waals surface area contributed by atoms with E-state index in [2.05, 4.69) is 228 Å². The molecule has 11 aromatic rings. The van der Waals surface area contributed by atoms with Crippen molar-refractivity contribution in [2.45, 2.75) is 37.7 Å². The van der Waals surface area contributed by atoms with Gasteiger partial charge in [-0.3, -0.25) is 0 Å². The van der Waals surface area contributed by atoms with E-state index in [-0.39, 0.29) is 12.0 Å². The van der Waals surface area contributed by atoms with E-state index in [0.29, 0.717) is 0 Å². The summed E-state index contributed by atoms with van der Waals surface area (Å²) in [5, 5.41) is 6.84. The van der Waals surface area contributed by atoms with Gasteiger partial charge in [-0.1, -0.05) is 158 Å². The zero-order chi connectivity index (χ0) is 45.9. The first-order valence-corrected chi connectivity index (χ1v) is 24.7. The van der Waals surface area contributed by atoms with E-state index in [1.54, 1.807) is 0 Å². The first kappa shape index (κ1) is 39.4. The number of hydrogen-bond donors (Lipinski definition) is 0. The summed E-state index contributed by atoms with van der Waals surface area (Å²) in [7, 11) is 0. The summed E-state index contributed by atoms with van der Waals surface area (Å²) in [5.74, 6) is 1.11. The van der Waals surface area contributed by atoms with E-state index >= 15 is 0 Å². The van der Waals surface area contributed by atoms with Crippen LogP contribution in [0.3, 0.4) is 0 Å². The SMILES string of the molecule is C1=CC2Oc3c(-c4c5cc(N6c7ccccc7CCc7ccccc76)ccc5c(-c5cccc6c5oc5ccccc56)c5cc(N6c7ccccc7CCc7ccccc76)ccc45)cccc3C2C=C1. The van der Waals surface area contributed by atoms with Crippen molar-refractivity contribution in [2.75, 3.05) is 9.80 Å². The molecule has 0 fully saturated rings. The summed E-state index contributed by atoms with van der Waals surface area (Å²) in [5.41, 5.74) is 20.0. The fourth-order valence-electron chi connectivity index (χ4n) is 12.4. The van der Waals surface area contributed by atoms with Gasteiger partial charge in [-0.05, 0) is 130 Å². The van der Waals surface area contributed by atoms with Crippen molar-refractivity contribution in [3.8, 4) is 28.0 Å². The maximum atomic E-state index is 7.10. The van der Waals surface area contributed by atoms with Crippen molar-refractivity contribution in [1.29, 1.82) is 0 Å². The predicted molar refractivity (Wildman–Crippen MR) is 289 cm³/mol. The number of aryl methyl sites for hydroxylation is 4. The Bertz CT molecular complexity index is 3950. The maximum absolute atomic E-state index is 7.10. The highest BCUT2D eigenvalue weighted by molar-refractivity contribution is 6.25. The maximum Gasteiger partial charge on any atom is 0.143 e. The number of nitrogens with zero attached hydrogens (tertiary/aromatic N) is 2. The highest BCUT2D eigenvalue weighted by Crippen LogP contribution is 2.55. The Balaban J connectivity index is 1.09. The van der Waals surface area contributed by atoms with Gasteiger partial charge in [0.1, 0.15) is 23.0 Å². The Morgan fingerprint density at radius 3 is 1.47 bits per heavy atom. The summed E-state index contributed by atoms with van der Waals surface area (Å²) in [6.45, 7) is 0. The first-order chi connectivity index (χ1) is 34.7. The number of fused-ring (bicyclic) bond motifs is 12. The minimum Gasteiger partial charge on any atom is -0.484 e. The number of para-hydroxylation sites is 7. The number of furan rings is 1. The molecule has 2 unspecified atom stereocenters. The van der Waals surface area contributed by atoms with Gasteiger partial charge in [0.15, 0.2) is 0 Å². The topological polar surface area (TPSA) is 28.9 Å². The summed E-state index contributed by atoms with van der Waals surface area (Å²) >= 11 is 0. The summed E-state index contributed by atoms with van der Waals surface area (Å²) in [6.07, 6.45) is 12.6. The van der Waals surface area contributed by atoms with Gasteiger partial charge in [-0.2, -0.15) is 0 Å². The molecule has 1 aromatic heterocycles. The molecule has 1 aliphatic carbocycles. The predicted octanol–water partition coefficient (Wildman–Crippen LogP) is 17.3. The van der Waals surface area contributed by atoms with Crippen molar-refractivity contribution >= 4 is 77.6 Å². The van der Waals surface area contributed by atoms with E-state index < -0.39 is 0 Å². The van der Waals surface area contributed by atoms with Crippen LogP contribution in [-0.2, 0) is 25.7 Å². The number of allylic oxidation sites excluding steroid dienone is 2. The Morgan fingerprint density at radius 1 is 0.386 bits per heavy atom. The van der Waals surface area contributed by atoms with Gasteiger partial charge in [0.25, 0.3) is 0 Å². The third-order valence-corrected chi connectivity index (χ3v) is 15.5. The van der Waals surface area contributed by atoms with Gasteiger partial charge in [0.05, 0.1) is 0 Å². The van der Waals surface area contributed by atoms with Crippen LogP contribution in [0.2, 0.25) is 0 Å². The normalized spacial score (nSPS) is 16.6. The molecule has 0 amide bonds. The molecule has 70 heavy (non-hydrogen) atoms. The molecule has 10 aromatic carbocycles. The molecular formula is C66H46N2O2. The Labute approximate surface area is 406 Å². The van der Waals surface area contributed by atoms with E-state index in [1.807, 2.05) is 0 Å². The number of anilines is 6. The molecule has 0 saturated carbocycles. The molecule has 4 aliphatic rings. The van der Waals surface area contributed by atoms with Gasteiger partial charge in [-0.15, -0.1) is 0 Å². The zero-order valence-corrected chi connectivity index (χ0v) is 38.5. The van der Waals surface area contributed by atoms with Crippen LogP contribution in [0.15, 0.2) is 223 Å². The minimum absolute atomic E-state index is 0.0564. The second-order valence-corrected chi connectivity index (χ2v) is 19.3. The van der Waals surface area contributed by atoms with Crippen LogP contribution in [0.4, 0.5) is 34.1 Å². The van der Waals surface area contributed by atoms with Gasteiger partial charge in [-0.25, -0.2) is 0 Å². The largest absolute Gasteiger partial charge is 0.484 e. The molecule has 2 atom stereocenters. The smallest absolute Gasteiger partial charge is 0.143 e. The lowest BCUT2D eigenvalue weighted by Gasteiger charge is -2.29. The number of rotatable bonds is 4. The van der Waals surface area contributed by atoms with Crippen molar-refractivity contribution < 1.29 is 9.15 Å². The van der Waals surface area contributed by atoms with Crippen LogP contribution in [0.25, 0.3) is 65.7 Å². The molecule has 15 rings (SSSR count). The van der Waals surface area contributed by atoms with E-state index in [4.69, 9.17) is 9.15 Å². The zero-order valence-electron chi connectivity index (χ0n) is 38.5. The Morgan fingerprint density at radius 2 is 0.871 bits per heavy atom. The number of hydrogen-bond acceptors (Lipinski definition) is 4. The van der Waals surface area contributed by atoms with E-state index in [9.17, 15) is 0 Å². The number of benzene rings is 10. The van der Waals surface area contributed by atoms with Crippen LogP contribution in [0, 0.1) is 0 Å². The molecule has 0 saturated heterocycles. The average Bonchev–Trinajstić information content (AvgIpc) is 3.88. The standard InChI is InChI=1S/C66H46N2O2/c1-7-25-57-41(15-1)31-32-42-16-2-8-26-58(42)67(57)45-35-37-49-55(39-45)63(53-23-13-21-51-47-19-5-11-29-61(47)69-65(51)53)50-38-36-46(68-59-27-9-3-17-43(59)33-34-44-18-4-10-28-60(44)68)40-56(50)64(49)54-24-14-22-52-48-20-6-12-30-62(48)70-66(52)54/h1-30,35-40,47,61H,31-34H2. The lowest BCUT2D eigenvalue weighted by atomic mass is 9.83. The molecule has 0 spiro atoms. The quantitative estimate of drug-likeness (QED) is 0.165. The third-order valence-electron chi connectivity index (χ3n) is 15.5. The van der Waals surface area contributed by atoms with Crippen LogP contribution < -0.4 is 14.5 Å². The van der Waals surface area contributed by atoms with Gasteiger partial charge in [0.2, 0.25) is 0 Å². The van der Waals surface area contributed by atoms with Crippen LogP contribution in [0.1, 0.15) is 33.7 Å². The van der Waals surface area contributed by atoms with Crippen molar-refractivity contribution in [1.82, 2.24) is 0 Å². The molecule has 4 heteroatoms. The van der Waals surface area contributed by atoms with Crippen molar-refractivity contribution in [2.24, 2.45) is 0 Å². The average molecular weight is 899 g/mol. The molecule has 4 nitrogen and oxygen atoms in total. The highest BCUT2D eigenvalue weighted by atomic mass is 16.5. The van der Waals surface area contributed by atoms with Gasteiger partial charge >= 0.3 is 0 Å². The second kappa shape index (κ2) is 15.5. The molecule has 4 heterocycles. The summed E-state index contributed by atoms with van der Waals surface area (Å²) in [4.78, 5) is 4.99. The first-order valence-electron chi connectivity index (χ1n) is 24.7. The molecule has 0 bridgehead atoms. The van der Waals surface area contributed by atoms with Gasteiger partial charge < -0.3 is 19.0 Å². The molecule has 0 radical (unpaired) electrons. The third kappa shape index (κ3) is 5.89. The van der Waals surface area contributed by atoms with Crippen molar-refractivity contribution in [3.63, 3.8) is 0 Å². The second-order valence-electron chi connectivity index (χ2n) is 19.3. The van der Waals surface area contributed by atoms with Gasteiger partial charge in [0, 0.05) is 78.6 Å². The number of ether oxygens (including phenoxy) is 1.